The molecule has 0 atom stereocenters. The predicted octanol–water partition coefficient (Wildman–Crippen LogP) is 3.91. The molecule has 0 amide bonds. The molecular weight excluding hydrogens is 274 g/mol. The van der Waals surface area contributed by atoms with E-state index in [0.29, 0.717) is 18.1 Å². The van der Waals surface area contributed by atoms with E-state index in [2.05, 4.69) is 0 Å². The zero-order valence-corrected chi connectivity index (χ0v) is 11.7. The van der Waals surface area contributed by atoms with Gasteiger partial charge in [-0.2, -0.15) is 0 Å². The Bertz CT molecular complexity index is 736. The summed E-state index contributed by atoms with van der Waals surface area (Å²) in [7, 11) is 0. The molecule has 21 heavy (non-hydrogen) atoms. The first kappa shape index (κ1) is 13.7. The molecule has 0 saturated heterocycles. The van der Waals surface area contributed by atoms with Crippen LogP contribution >= 0.6 is 0 Å². The molecule has 0 fully saturated rings. The first-order valence-electron chi connectivity index (χ1n) is 6.67. The third-order valence-electron chi connectivity index (χ3n) is 3.50. The molecule has 1 heterocycles. The number of carbonyl (C=O) groups is 1. The summed E-state index contributed by atoms with van der Waals surface area (Å²) in [5, 5.41) is 0. The van der Waals surface area contributed by atoms with Gasteiger partial charge in [-0.3, -0.25) is 4.79 Å². The van der Waals surface area contributed by atoms with Crippen molar-refractivity contribution in [3.05, 3.63) is 64.7 Å². The monoisotopic (exact) mass is 288 g/mol. The molecule has 0 N–H and O–H groups in total. The first-order chi connectivity index (χ1) is 9.85. The summed E-state index contributed by atoms with van der Waals surface area (Å²) in [6, 6.07) is 8.00. The molecule has 0 aromatic heterocycles. The Hall–Kier alpha value is -2.23. The van der Waals surface area contributed by atoms with E-state index in [1.54, 1.807) is 18.2 Å². The number of rotatable bonds is 2. The van der Waals surface area contributed by atoms with Crippen molar-refractivity contribution in [2.45, 2.75) is 25.9 Å². The molecule has 2 aromatic carbocycles. The van der Waals surface area contributed by atoms with Gasteiger partial charge in [0.1, 0.15) is 23.0 Å². The van der Waals surface area contributed by atoms with Gasteiger partial charge in [0.25, 0.3) is 0 Å². The maximum absolute atomic E-state index is 13.7. The lowest BCUT2D eigenvalue weighted by atomic mass is 9.97. The fourth-order valence-corrected chi connectivity index (χ4v) is 2.58. The highest BCUT2D eigenvalue weighted by molar-refractivity contribution is 6.09. The van der Waals surface area contributed by atoms with Crippen molar-refractivity contribution in [2.24, 2.45) is 0 Å². The molecule has 2 nitrogen and oxygen atoms in total. The van der Waals surface area contributed by atoms with Crippen LogP contribution in [0.4, 0.5) is 8.78 Å². The van der Waals surface area contributed by atoms with Gasteiger partial charge in [0.15, 0.2) is 5.78 Å². The van der Waals surface area contributed by atoms with Crippen molar-refractivity contribution in [2.75, 3.05) is 0 Å². The van der Waals surface area contributed by atoms with Crippen LogP contribution < -0.4 is 4.74 Å². The Morgan fingerprint density at radius 3 is 2.62 bits per heavy atom. The van der Waals surface area contributed by atoms with Gasteiger partial charge in [0, 0.05) is 18.1 Å². The smallest absolute Gasteiger partial charge is 0.195 e. The lowest BCUT2D eigenvalue weighted by molar-refractivity contribution is 0.103. The van der Waals surface area contributed by atoms with E-state index in [4.69, 9.17) is 4.74 Å². The van der Waals surface area contributed by atoms with E-state index in [1.807, 2.05) is 13.8 Å². The summed E-state index contributed by atoms with van der Waals surface area (Å²) in [5.41, 5.74) is 0.869. The SMILES string of the molecule is CC1(C)Cc2cc(C(=O)c3ccc(F)cc3F)ccc2O1. The number of hydrogen-bond donors (Lipinski definition) is 0. The molecule has 2 aromatic rings. The highest BCUT2D eigenvalue weighted by atomic mass is 19.1. The fourth-order valence-electron chi connectivity index (χ4n) is 2.58. The van der Waals surface area contributed by atoms with Gasteiger partial charge in [-0.15, -0.1) is 0 Å². The van der Waals surface area contributed by atoms with Gasteiger partial charge >= 0.3 is 0 Å². The Morgan fingerprint density at radius 1 is 1.14 bits per heavy atom. The third kappa shape index (κ3) is 2.53. The van der Waals surface area contributed by atoms with E-state index >= 15 is 0 Å². The third-order valence-corrected chi connectivity index (χ3v) is 3.50. The average Bonchev–Trinajstić information content (AvgIpc) is 2.70. The molecule has 0 bridgehead atoms. The predicted molar refractivity (Wildman–Crippen MR) is 74.6 cm³/mol. The lowest BCUT2D eigenvalue weighted by Crippen LogP contribution is -2.24. The summed E-state index contributed by atoms with van der Waals surface area (Å²) < 4.78 is 32.3. The van der Waals surface area contributed by atoms with Crippen LogP contribution in [0.25, 0.3) is 0 Å². The van der Waals surface area contributed by atoms with E-state index < -0.39 is 17.4 Å². The number of benzene rings is 2. The van der Waals surface area contributed by atoms with Crippen molar-refractivity contribution in [1.29, 1.82) is 0 Å². The zero-order chi connectivity index (χ0) is 15.2. The summed E-state index contributed by atoms with van der Waals surface area (Å²) in [6.07, 6.45) is 0.690. The molecule has 1 aliphatic rings. The van der Waals surface area contributed by atoms with Crippen molar-refractivity contribution in [1.82, 2.24) is 0 Å². The Labute approximate surface area is 121 Å². The normalized spacial score (nSPS) is 15.4. The number of ketones is 1. The number of hydrogen-bond acceptors (Lipinski definition) is 2. The number of fused-ring (bicyclic) bond motifs is 1. The van der Waals surface area contributed by atoms with Crippen molar-refractivity contribution >= 4 is 5.78 Å². The van der Waals surface area contributed by atoms with Crippen LogP contribution in [-0.4, -0.2) is 11.4 Å². The van der Waals surface area contributed by atoms with E-state index in [-0.39, 0.29) is 11.2 Å². The second-order valence-electron chi connectivity index (χ2n) is 5.81. The molecule has 0 spiro atoms. The van der Waals surface area contributed by atoms with E-state index in [9.17, 15) is 13.6 Å². The summed E-state index contributed by atoms with van der Waals surface area (Å²) in [4.78, 5) is 12.3. The highest BCUT2D eigenvalue weighted by Crippen LogP contribution is 2.35. The van der Waals surface area contributed by atoms with Gasteiger partial charge in [-0.05, 0) is 49.7 Å². The molecule has 4 heteroatoms. The van der Waals surface area contributed by atoms with Crippen LogP contribution in [0.15, 0.2) is 36.4 Å². The largest absolute Gasteiger partial charge is 0.487 e. The van der Waals surface area contributed by atoms with Crippen LogP contribution in [0.1, 0.15) is 35.3 Å². The molecule has 108 valence electrons. The maximum atomic E-state index is 13.7. The minimum Gasteiger partial charge on any atom is -0.487 e. The quantitative estimate of drug-likeness (QED) is 0.783. The average molecular weight is 288 g/mol. The van der Waals surface area contributed by atoms with E-state index in [0.717, 1.165) is 17.4 Å². The molecule has 0 saturated carbocycles. The summed E-state index contributed by atoms with van der Waals surface area (Å²) in [5.74, 6) is -1.26. The lowest BCUT2D eigenvalue weighted by Gasteiger charge is -2.16. The minimum absolute atomic E-state index is 0.130. The van der Waals surface area contributed by atoms with Crippen LogP contribution in [0, 0.1) is 11.6 Å². The van der Waals surface area contributed by atoms with E-state index in [1.165, 1.54) is 6.07 Å². The fraction of sp³-hybridized carbons (Fsp3) is 0.235. The first-order valence-corrected chi connectivity index (χ1v) is 6.67. The van der Waals surface area contributed by atoms with Gasteiger partial charge in [-0.25, -0.2) is 8.78 Å². The van der Waals surface area contributed by atoms with Crippen molar-refractivity contribution in [3.63, 3.8) is 0 Å². The topological polar surface area (TPSA) is 26.3 Å². The Kier molecular flexibility index (Phi) is 3.04. The molecule has 0 radical (unpaired) electrons. The number of carbonyl (C=O) groups excluding carboxylic acids is 1. The standard InChI is InChI=1S/C17H14F2O2/c1-17(2)9-11-7-10(3-6-15(11)21-17)16(20)13-5-4-12(18)8-14(13)19/h3-8H,9H2,1-2H3. The Balaban J connectivity index is 1.97. The molecule has 3 rings (SSSR count). The number of halogens is 2. The van der Waals surface area contributed by atoms with Crippen LogP contribution in [0.5, 0.6) is 5.75 Å². The van der Waals surface area contributed by atoms with Gasteiger partial charge in [0.2, 0.25) is 0 Å². The van der Waals surface area contributed by atoms with Crippen molar-refractivity contribution < 1.29 is 18.3 Å². The van der Waals surface area contributed by atoms with Crippen LogP contribution in [-0.2, 0) is 6.42 Å². The second-order valence-corrected chi connectivity index (χ2v) is 5.81. The van der Waals surface area contributed by atoms with Gasteiger partial charge < -0.3 is 4.74 Å². The van der Waals surface area contributed by atoms with Crippen LogP contribution in [0.3, 0.4) is 0 Å². The minimum atomic E-state index is -0.850. The van der Waals surface area contributed by atoms with Crippen LogP contribution in [0.2, 0.25) is 0 Å². The Morgan fingerprint density at radius 2 is 1.90 bits per heavy atom. The van der Waals surface area contributed by atoms with Crippen molar-refractivity contribution in [3.8, 4) is 5.75 Å². The van der Waals surface area contributed by atoms with Gasteiger partial charge in [-0.1, -0.05) is 0 Å². The molecule has 0 aliphatic carbocycles. The highest BCUT2D eigenvalue weighted by Gasteiger charge is 2.30. The molecule has 1 aliphatic heterocycles. The summed E-state index contributed by atoms with van der Waals surface area (Å²) in [6.45, 7) is 3.93. The molecular formula is C17H14F2O2. The molecule has 0 unspecified atom stereocenters. The second kappa shape index (κ2) is 4.65. The summed E-state index contributed by atoms with van der Waals surface area (Å²) >= 11 is 0. The number of ether oxygens (including phenoxy) is 1. The zero-order valence-electron chi connectivity index (χ0n) is 11.7. The maximum Gasteiger partial charge on any atom is 0.195 e. The van der Waals surface area contributed by atoms with Gasteiger partial charge in [0.05, 0.1) is 5.56 Å².